The number of anilines is 1. The summed E-state index contributed by atoms with van der Waals surface area (Å²) in [6, 6.07) is 0. The van der Waals surface area contributed by atoms with Gasteiger partial charge >= 0.3 is 0 Å². The average molecular weight is 364 g/mol. The molecule has 0 saturated carbocycles. The fourth-order valence-electron chi connectivity index (χ4n) is 3.04. The van der Waals surface area contributed by atoms with Crippen molar-refractivity contribution >= 4 is 33.7 Å². The molecular formula is C16H20N4O2S2. The van der Waals surface area contributed by atoms with Crippen molar-refractivity contribution in [2.24, 2.45) is 0 Å². The molecule has 128 valence electrons. The van der Waals surface area contributed by atoms with E-state index in [1.165, 1.54) is 16.2 Å². The topological polar surface area (TPSA) is 67.4 Å². The largest absolute Gasteiger partial charge is 0.371 e. The molecule has 2 aliphatic heterocycles. The molecular weight excluding hydrogens is 344 g/mol. The van der Waals surface area contributed by atoms with Gasteiger partial charge in [0.15, 0.2) is 5.13 Å². The maximum Gasteiger partial charge on any atom is 0.269 e. The predicted octanol–water partition coefficient (Wildman–Crippen LogP) is 3.08. The number of rotatable bonds is 4. The van der Waals surface area contributed by atoms with Crippen molar-refractivity contribution in [3.05, 3.63) is 26.7 Å². The van der Waals surface area contributed by atoms with E-state index < -0.39 is 0 Å². The van der Waals surface area contributed by atoms with Crippen LogP contribution in [0.4, 0.5) is 5.13 Å². The van der Waals surface area contributed by atoms with Gasteiger partial charge in [-0.3, -0.25) is 15.0 Å². The Balaban J connectivity index is 1.44. The number of ether oxygens (including phenoxy) is 1. The van der Waals surface area contributed by atoms with Crippen LogP contribution in [0.5, 0.6) is 0 Å². The quantitative estimate of drug-likeness (QED) is 0.903. The number of carbonyl (C=O) groups is 1. The summed E-state index contributed by atoms with van der Waals surface area (Å²) < 4.78 is 5.63. The molecule has 2 aromatic rings. The van der Waals surface area contributed by atoms with Crippen LogP contribution in [0.15, 0.2) is 6.20 Å². The van der Waals surface area contributed by atoms with Crippen molar-refractivity contribution < 1.29 is 9.53 Å². The number of hydrogen-bond donors (Lipinski definition) is 1. The summed E-state index contributed by atoms with van der Waals surface area (Å²) in [5.41, 5.74) is 1.13. The lowest BCUT2D eigenvalue weighted by Gasteiger charge is -2.23. The van der Waals surface area contributed by atoms with E-state index in [4.69, 9.17) is 4.74 Å². The summed E-state index contributed by atoms with van der Waals surface area (Å²) in [5.74, 6) is -0.129. The second-order valence-corrected chi connectivity index (χ2v) is 8.17. The molecule has 4 rings (SSSR count). The Morgan fingerprint density at radius 3 is 3.21 bits per heavy atom. The molecule has 2 aromatic heterocycles. The van der Waals surface area contributed by atoms with Crippen molar-refractivity contribution in [2.45, 2.75) is 38.8 Å². The molecule has 6 nitrogen and oxygen atoms in total. The van der Waals surface area contributed by atoms with Gasteiger partial charge in [-0.2, -0.15) is 0 Å². The number of thiazole rings is 2. The molecule has 0 aliphatic carbocycles. The lowest BCUT2D eigenvalue weighted by molar-refractivity contribution is 0.103. The van der Waals surface area contributed by atoms with E-state index in [1.54, 1.807) is 17.5 Å². The Kier molecular flexibility index (Phi) is 4.62. The minimum atomic E-state index is -0.129. The van der Waals surface area contributed by atoms with Gasteiger partial charge < -0.3 is 4.74 Å². The number of amides is 1. The van der Waals surface area contributed by atoms with Crippen molar-refractivity contribution in [1.82, 2.24) is 14.9 Å². The van der Waals surface area contributed by atoms with E-state index in [0.29, 0.717) is 10.0 Å². The Labute approximate surface area is 148 Å². The lowest BCUT2D eigenvalue weighted by Crippen LogP contribution is -2.29. The van der Waals surface area contributed by atoms with E-state index in [0.717, 1.165) is 56.2 Å². The van der Waals surface area contributed by atoms with Crippen LogP contribution >= 0.6 is 22.7 Å². The van der Waals surface area contributed by atoms with E-state index in [1.807, 2.05) is 0 Å². The minimum Gasteiger partial charge on any atom is -0.371 e. The van der Waals surface area contributed by atoms with Crippen LogP contribution in [0.3, 0.4) is 0 Å². The highest BCUT2D eigenvalue weighted by Gasteiger charge is 2.24. The Morgan fingerprint density at radius 2 is 2.42 bits per heavy atom. The van der Waals surface area contributed by atoms with E-state index in [9.17, 15) is 4.79 Å². The minimum absolute atomic E-state index is 0.0590. The molecule has 1 atom stereocenters. The highest BCUT2D eigenvalue weighted by Crippen LogP contribution is 2.32. The zero-order valence-corrected chi connectivity index (χ0v) is 15.2. The summed E-state index contributed by atoms with van der Waals surface area (Å²) in [6.07, 6.45) is 4.71. The fraction of sp³-hybridized carbons (Fsp3) is 0.562. The summed E-state index contributed by atoms with van der Waals surface area (Å²) in [7, 11) is 0. The molecule has 2 aliphatic rings. The van der Waals surface area contributed by atoms with Crippen LogP contribution in [-0.2, 0) is 17.7 Å². The van der Waals surface area contributed by atoms with Crippen LogP contribution in [-0.4, -0.2) is 40.5 Å². The first kappa shape index (κ1) is 16.1. The number of carbonyl (C=O) groups excluding carboxylic acids is 1. The molecule has 4 heterocycles. The molecule has 0 aromatic carbocycles. The monoisotopic (exact) mass is 364 g/mol. The van der Waals surface area contributed by atoms with Gasteiger partial charge in [-0.1, -0.05) is 6.92 Å². The average Bonchev–Trinajstić information content (AvgIpc) is 3.32. The highest BCUT2D eigenvalue weighted by molar-refractivity contribution is 7.16. The molecule has 8 heteroatoms. The van der Waals surface area contributed by atoms with Crippen LogP contribution < -0.4 is 5.32 Å². The highest BCUT2D eigenvalue weighted by atomic mass is 32.1. The normalized spacial score (nSPS) is 21.0. The second-order valence-electron chi connectivity index (χ2n) is 6.03. The molecule has 1 fully saturated rings. The molecule has 1 saturated heterocycles. The first-order valence-electron chi connectivity index (χ1n) is 8.32. The molecule has 1 N–H and O–H groups in total. The predicted molar refractivity (Wildman–Crippen MR) is 94.8 cm³/mol. The lowest BCUT2D eigenvalue weighted by atomic mass is 10.2. The first-order valence-corrected chi connectivity index (χ1v) is 9.96. The van der Waals surface area contributed by atoms with Gasteiger partial charge in [0.2, 0.25) is 0 Å². The number of aromatic nitrogens is 2. The van der Waals surface area contributed by atoms with Crippen molar-refractivity contribution in [3.8, 4) is 0 Å². The van der Waals surface area contributed by atoms with Gasteiger partial charge in [0.1, 0.15) is 16.0 Å². The molecule has 0 radical (unpaired) electrons. The molecule has 24 heavy (non-hydrogen) atoms. The van der Waals surface area contributed by atoms with Gasteiger partial charge in [-0.25, -0.2) is 9.97 Å². The van der Waals surface area contributed by atoms with Gasteiger partial charge in [0, 0.05) is 31.0 Å². The third kappa shape index (κ3) is 3.23. The van der Waals surface area contributed by atoms with E-state index in [-0.39, 0.29) is 12.0 Å². The standard InChI is InChI=1S/C16H20N4O2S2/c1-2-20-6-5-10-13(9-20)24-16(18-10)19-14(21)12-8-17-15(23-12)11-4-3-7-22-11/h8,11H,2-7,9H2,1H3,(H,18,19,21). The van der Waals surface area contributed by atoms with Gasteiger partial charge in [-0.15, -0.1) is 22.7 Å². The van der Waals surface area contributed by atoms with Crippen molar-refractivity contribution in [1.29, 1.82) is 0 Å². The van der Waals surface area contributed by atoms with Crippen LogP contribution in [0.2, 0.25) is 0 Å². The molecule has 1 amide bonds. The van der Waals surface area contributed by atoms with E-state index in [2.05, 4.69) is 27.1 Å². The molecule has 0 spiro atoms. The maximum absolute atomic E-state index is 12.5. The van der Waals surface area contributed by atoms with Gasteiger partial charge in [0.05, 0.1) is 11.9 Å². The van der Waals surface area contributed by atoms with E-state index >= 15 is 0 Å². The third-order valence-corrected chi connectivity index (χ3v) is 6.52. The maximum atomic E-state index is 12.5. The van der Waals surface area contributed by atoms with Crippen molar-refractivity contribution in [3.63, 3.8) is 0 Å². The van der Waals surface area contributed by atoms with Crippen LogP contribution in [0, 0.1) is 0 Å². The number of nitrogens with zero attached hydrogens (tertiary/aromatic N) is 3. The van der Waals surface area contributed by atoms with Crippen molar-refractivity contribution in [2.75, 3.05) is 25.0 Å². The second kappa shape index (κ2) is 6.87. The Morgan fingerprint density at radius 1 is 1.50 bits per heavy atom. The summed E-state index contributed by atoms with van der Waals surface area (Å²) >= 11 is 3.00. The number of fused-ring (bicyclic) bond motifs is 1. The third-order valence-electron chi connectivity index (χ3n) is 4.43. The number of likely N-dealkylation sites (N-methyl/N-ethyl adjacent to an activating group) is 1. The molecule has 1 unspecified atom stereocenters. The van der Waals surface area contributed by atoms with Crippen LogP contribution in [0.1, 0.15) is 51.1 Å². The zero-order valence-electron chi connectivity index (χ0n) is 13.6. The number of nitrogens with one attached hydrogen (secondary N) is 1. The zero-order chi connectivity index (χ0) is 16.5. The molecule has 0 bridgehead atoms. The van der Waals surface area contributed by atoms with Gasteiger partial charge in [-0.05, 0) is 19.4 Å². The summed E-state index contributed by atoms with van der Waals surface area (Å²) in [5, 5.41) is 4.52. The first-order chi connectivity index (χ1) is 11.7. The Hall–Kier alpha value is -1.35. The SMILES string of the molecule is CCN1CCc2nc(NC(=O)c3cnc(C4CCCO4)s3)sc2C1. The number of hydrogen-bond acceptors (Lipinski definition) is 7. The Bertz CT molecular complexity index is 736. The smallest absolute Gasteiger partial charge is 0.269 e. The fourth-order valence-corrected chi connectivity index (χ4v) is 4.99. The van der Waals surface area contributed by atoms with Gasteiger partial charge in [0.25, 0.3) is 5.91 Å². The summed E-state index contributed by atoms with van der Waals surface area (Å²) in [6.45, 7) is 5.98. The summed E-state index contributed by atoms with van der Waals surface area (Å²) in [4.78, 5) is 25.7. The van der Waals surface area contributed by atoms with Crippen LogP contribution in [0.25, 0.3) is 0 Å².